The Hall–Kier alpha value is -2.90. The molecule has 0 bridgehead atoms. The number of hydrogen-bond acceptors (Lipinski definition) is 4. The molecule has 3 N–H and O–H groups in total. The number of carbonyl (C=O) groups is 2. The van der Waals surface area contributed by atoms with Gasteiger partial charge in [0.05, 0.1) is 11.0 Å². The van der Waals surface area contributed by atoms with Gasteiger partial charge in [-0.1, -0.05) is 19.8 Å². The van der Waals surface area contributed by atoms with E-state index in [4.69, 9.17) is 0 Å². The van der Waals surface area contributed by atoms with Crippen molar-refractivity contribution in [3.8, 4) is 0 Å². The van der Waals surface area contributed by atoms with Gasteiger partial charge in [-0.25, -0.2) is 4.79 Å². The fourth-order valence-electron chi connectivity index (χ4n) is 2.64. The normalized spacial score (nSPS) is 12.1. The van der Waals surface area contributed by atoms with E-state index in [0.717, 1.165) is 6.42 Å². The van der Waals surface area contributed by atoms with Gasteiger partial charge in [0.2, 0.25) is 0 Å². The quantitative estimate of drug-likeness (QED) is 0.647. The summed E-state index contributed by atoms with van der Waals surface area (Å²) < 4.78 is 1.32. The lowest BCUT2D eigenvalue weighted by molar-refractivity contribution is -0.139. The minimum atomic E-state index is -1.09. The standard InChI is InChI=1S/C17H21N3O5/c1-3-5-6-11(17(24)25)18-14(21)10-7-8-13-12(9-10)19-15(22)16(23)20(13)4-2/h7-9,11H,3-6H2,1-2H3,(H,18,21)(H,19,22)(H,24,25). The van der Waals surface area contributed by atoms with Crippen LogP contribution in [0.3, 0.4) is 0 Å². The molecule has 0 saturated heterocycles. The highest BCUT2D eigenvalue weighted by Crippen LogP contribution is 2.12. The van der Waals surface area contributed by atoms with Gasteiger partial charge >= 0.3 is 17.1 Å². The van der Waals surface area contributed by atoms with Crippen LogP contribution in [0.15, 0.2) is 27.8 Å². The van der Waals surface area contributed by atoms with Crippen molar-refractivity contribution in [3.05, 3.63) is 44.5 Å². The van der Waals surface area contributed by atoms with E-state index in [9.17, 15) is 24.3 Å². The molecule has 2 aromatic rings. The SMILES string of the molecule is CCCCC(NC(=O)c1ccc2c(c1)[nH]c(=O)c(=O)n2CC)C(=O)O. The minimum Gasteiger partial charge on any atom is -0.480 e. The highest BCUT2D eigenvalue weighted by Gasteiger charge is 2.20. The van der Waals surface area contributed by atoms with Gasteiger partial charge in [0.1, 0.15) is 6.04 Å². The molecule has 1 unspecified atom stereocenters. The van der Waals surface area contributed by atoms with Crippen molar-refractivity contribution < 1.29 is 14.7 Å². The van der Waals surface area contributed by atoms with Crippen molar-refractivity contribution in [2.45, 2.75) is 45.7 Å². The van der Waals surface area contributed by atoms with Gasteiger partial charge < -0.3 is 20.0 Å². The number of H-pyrrole nitrogens is 1. The lowest BCUT2D eigenvalue weighted by Gasteiger charge is -2.14. The molecule has 1 atom stereocenters. The summed E-state index contributed by atoms with van der Waals surface area (Å²) in [4.78, 5) is 49.6. The van der Waals surface area contributed by atoms with E-state index >= 15 is 0 Å². The topological polar surface area (TPSA) is 121 Å². The summed E-state index contributed by atoms with van der Waals surface area (Å²) >= 11 is 0. The summed E-state index contributed by atoms with van der Waals surface area (Å²) in [6.45, 7) is 4.00. The molecule has 1 aromatic carbocycles. The second-order valence-corrected chi connectivity index (χ2v) is 5.74. The number of aromatic nitrogens is 2. The number of amides is 1. The van der Waals surface area contributed by atoms with Gasteiger partial charge in [-0.05, 0) is 31.5 Å². The summed E-state index contributed by atoms with van der Waals surface area (Å²) in [6.07, 6.45) is 1.85. The number of carboxylic acids is 1. The van der Waals surface area contributed by atoms with Crippen molar-refractivity contribution in [1.82, 2.24) is 14.9 Å². The third kappa shape index (κ3) is 3.96. The third-order valence-electron chi connectivity index (χ3n) is 4.00. The molecule has 1 amide bonds. The maximum atomic E-state index is 12.3. The molecule has 1 heterocycles. The third-order valence-corrected chi connectivity index (χ3v) is 4.00. The van der Waals surface area contributed by atoms with E-state index in [2.05, 4.69) is 10.3 Å². The average Bonchev–Trinajstić information content (AvgIpc) is 2.58. The number of carbonyl (C=O) groups excluding carboxylic acids is 1. The van der Waals surface area contributed by atoms with E-state index in [1.54, 1.807) is 13.0 Å². The number of benzene rings is 1. The van der Waals surface area contributed by atoms with Crippen LogP contribution >= 0.6 is 0 Å². The first kappa shape index (κ1) is 18.4. The number of unbranched alkanes of at least 4 members (excludes halogenated alkanes) is 1. The molecule has 134 valence electrons. The van der Waals surface area contributed by atoms with Gasteiger partial charge in [-0.2, -0.15) is 0 Å². The number of fused-ring (bicyclic) bond motifs is 1. The molecule has 0 saturated carbocycles. The zero-order valence-corrected chi connectivity index (χ0v) is 14.2. The van der Waals surface area contributed by atoms with Gasteiger partial charge in [-0.15, -0.1) is 0 Å². The molecule has 0 aliphatic rings. The van der Waals surface area contributed by atoms with Crippen molar-refractivity contribution in [1.29, 1.82) is 0 Å². The average molecular weight is 347 g/mol. The molecule has 0 aliphatic carbocycles. The number of nitrogens with zero attached hydrogens (tertiary/aromatic N) is 1. The van der Waals surface area contributed by atoms with Crippen LogP contribution in [0.2, 0.25) is 0 Å². The van der Waals surface area contributed by atoms with Crippen LogP contribution in [0, 0.1) is 0 Å². The summed E-state index contributed by atoms with van der Waals surface area (Å²) in [5.74, 6) is -1.63. The maximum Gasteiger partial charge on any atom is 0.326 e. The first-order chi connectivity index (χ1) is 11.9. The van der Waals surface area contributed by atoms with E-state index in [-0.39, 0.29) is 5.56 Å². The summed E-state index contributed by atoms with van der Waals surface area (Å²) in [5, 5.41) is 11.7. The number of aliphatic carboxylic acids is 1. The molecule has 1 aromatic heterocycles. The molecule has 0 radical (unpaired) electrons. The van der Waals surface area contributed by atoms with Crippen LogP contribution in [-0.2, 0) is 11.3 Å². The number of nitrogens with one attached hydrogen (secondary N) is 2. The largest absolute Gasteiger partial charge is 0.480 e. The predicted octanol–water partition coefficient (Wildman–Crippen LogP) is 1.08. The Bertz CT molecular complexity index is 913. The van der Waals surface area contributed by atoms with Crippen LogP contribution in [-0.4, -0.2) is 32.6 Å². The van der Waals surface area contributed by atoms with E-state index in [1.165, 1.54) is 16.7 Å². The van der Waals surface area contributed by atoms with Crippen molar-refractivity contribution in [3.63, 3.8) is 0 Å². The molecule has 0 fully saturated rings. The number of aromatic amines is 1. The Labute approximate surface area is 143 Å². The number of aryl methyl sites for hydroxylation is 1. The fraction of sp³-hybridized carbons (Fsp3) is 0.412. The first-order valence-electron chi connectivity index (χ1n) is 8.19. The predicted molar refractivity (Wildman–Crippen MR) is 92.9 cm³/mol. The molecule has 2 rings (SSSR count). The smallest absolute Gasteiger partial charge is 0.326 e. The van der Waals surface area contributed by atoms with Crippen molar-refractivity contribution in [2.75, 3.05) is 0 Å². The second kappa shape index (κ2) is 7.78. The highest BCUT2D eigenvalue weighted by molar-refractivity contribution is 5.99. The molecule has 25 heavy (non-hydrogen) atoms. The zero-order valence-electron chi connectivity index (χ0n) is 14.2. The lowest BCUT2D eigenvalue weighted by Crippen LogP contribution is -2.40. The number of hydrogen-bond donors (Lipinski definition) is 3. The molecular formula is C17H21N3O5. The maximum absolute atomic E-state index is 12.3. The molecule has 8 heteroatoms. The lowest BCUT2D eigenvalue weighted by atomic mass is 10.1. The van der Waals surface area contributed by atoms with E-state index < -0.39 is 29.0 Å². The summed E-state index contributed by atoms with van der Waals surface area (Å²) in [5.41, 5.74) is -0.355. The zero-order chi connectivity index (χ0) is 18.6. The van der Waals surface area contributed by atoms with Crippen LogP contribution in [0.5, 0.6) is 0 Å². The van der Waals surface area contributed by atoms with Crippen molar-refractivity contribution >= 4 is 22.9 Å². The van der Waals surface area contributed by atoms with Crippen molar-refractivity contribution in [2.24, 2.45) is 0 Å². The highest BCUT2D eigenvalue weighted by atomic mass is 16.4. The van der Waals surface area contributed by atoms with Crippen LogP contribution < -0.4 is 16.4 Å². The van der Waals surface area contributed by atoms with Crippen LogP contribution in [0.1, 0.15) is 43.5 Å². The first-order valence-corrected chi connectivity index (χ1v) is 8.19. The number of carboxylic acid groups (broad SMARTS) is 1. The monoisotopic (exact) mass is 347 g/mol. The molecular weight excluding hydrogens is 326 g/mol. The molecule has 0 aliphatic heterocycles. The fourth-order valence-corrected chi connectivity index (χ4v) is 2.64. The van der Waals surface area contributed by atoms with Crippen LogP contribution in [0.25, 0.3) is 11.0 Å². The molecule has 8 nitrogen and oxygen atoms in total. The van der Waals surface area contributed by atoms with Gasteiger partial charge in [-0.3, -0.25) is 14.4 Å². The Morgan fingerprint density at radius 2 is 2.00 bits per heavy atom. The van der Waals surface area contributed by atoms with Gasteiger partial charge in [0.25, 0.3) is 5.91 Å². The Balaban J connectivity index is 2.36. The van der Waals surface area contributed by atoms with Gasteiger partial charge in [0.15, 0.2) is 0 Å². The summed E-state index contributed by atoms with van der Waals surface area (Å²) in [7, 11) is 0. The minimum absolute atomic E-state index is 0.215. The number of rotatable bonds is 7. The second-order valence-electron chi connectivity index (χ2n) is 5.74. The Morgan fingerprint density at radius 1 is 1.28 bits per heavy atom. The Morgan fingerprint density at radius 3 is 2.60 bits per heavy atom. The van der Waals surface area contributed by atoms with Gasteiger partial charge in [0, 0.05) is 12.1 Å². The Kier molecular flexibility index (Phi) is 5.74. The molecule has 0 spiro atoms. The summed E-state index contributed by atoms with van der Waals surface area (Å²) in [6, 6.07) is 3.54. The van der Waals surface area contributed by atoms with Crippen LogP contribution in [0.4, 0.5) is 0 Å². The van der Waals surface area contributed by atoms with E-state index in [0.29, 0.717) is 30.4 Å². The van der Waals surface area contributed by atoms with E-state index in [1.807, 2.05) is 6.92 Å².